The number of nitrogens with zero attached hydrogens (tertiary/aromatic N) is 2. The second kappa shape index (κ2) is 11.0. The first-order valence-corrected chi connectivity index (χ1v) is 9.39. The molecule has 0 aliphatic heterocycles. The van der Waals surface area contributed by atoms with E-state index in [0.717, 1.165) is 3.57 Å². The first-order chi connectivity index (χ1) is 12.2. The summed E-state index contributed by atoms with van der Waals surface area (Å²) < 4.78 is 12.0. The molecule has 1 N–H and O–H groups in total. The van der Waals surface area contributed by atoms with Gasteiger partial charge < -0.3 is 19.7 Å². The van der Waals surface area contributed by atoms with Crippen LogP contribution in [0.25, 0.3) is 0 Å². The molecule has 1 aromatic heterocycles. The van der Waals surface area contributed by atoms with E-state index in [9.17, 15) is 9.59 Å². The molecule has 0 fully saturated rings. The van der Waals surface area contributed by atoms with Crippen molar-refractivity contribution in [2.75, 3.05) is 26.7 Å². The number of hydrogen-bond acceptors (Lipinski definition) is 5. The van der Waals surface area contributed by atoms with Gasteiger partial charge in [-0.1, -0.05) is 6.08 Å². The highest BCUT2D eigenvalue weighted by atomic mass is 127. The van der Waals surface area contributed by atoms with Crippen LogP contribution >= 0.6 is 22.6 Å². The number of halogens is 1. The Morgan fingerprint density at radius 2 is 2.04 bits per heavy atom. The lowest BCUT2D eigenvalue weighted by atomic mass is 10.2. The molecule has 0 saturated carbocycles. The van der Waals surface area contributed by atoms with Crippen LogP contribution in [0.4, 0.5) is 4.79 Å². The van der Waals surface area contributed by atoms with Gasteiger partial charge in [-0.3, -0.25) is 4.79 Å². The molecule has 0 aliphatic carbocycles. The van der Waals surface area contributed by atoms with Crippen LogP contribution in [0.5, 0.6) is 5.88 Å². The Labute approximate surface area is 168 Å². The Hall–Kier alpha value is -1.84. The fourth-order valence-corrected chi connectivity index (χ4v) is 2.15. The minimum Gasteiger partial charge on any atom is -0.476 e. The molecule has 7 nitrogen and oxygen atoms in total. The van der Waals surface area contributed by atoms with Gasteiger partial charge in [0.1, 0.15) is 12.2 Å². The molecule has 2 amide bonds. The van der Waals surface area contributed by atoms with Crippen LogP contribution in [0.2, 0.25) is 0 Å². The van der Waals surface area contributed by atoms with E-state index in [4.69, 9.17) is 9.47 Å². The first kappa shape index (κ1) is 22.2. The average molecular weight is 475 g/mol. The number of ether oxygens (including phenoxy) is 2. The van der Waals surface area contributed by atoms with Crippen molar-refractivity contribution in [1.82, 2.24) is 15.2 Å². The lowest BCUT2D eigenvalue weighted by Gasteiger charge is -2.27. The van der Waals surface area contributed by atoms with Gasteiger partial charge in [-0.25, -0.2) is 9.78 Å². The van der Waals surface area contributed by atoms with Gasteiger partial charge in [0, 0.05) is 29.4 Å². The Morgan fingerprint density at radius 3 is 2.62 bits per heavy atom. The minimum atomic E-state index is -0.578. The predicted molar refractivity (Wildman–Crippen MR) is 108 cm³/mol. The summed E-state index contributed by atoms with van der Waals surface area (Å²) in [6.45, 7) is 6.54. The Bertz CT molecular complexity index is 612. The quantitative estimate of drug-likeness (QED) is 0.462. The van der Waals surface area contributed by atoms with Crippen molar-refractivity contribution in [1.29, 1.82) is 0 Å². The molecule has 8 heteroatoms. The van der Waals surface area contributed by atoms with E-state index >= 15 is 0 Å². The highest BCUT2D eigenvalue weighted by Crippen LogP contribution is 2.12. The maximum absolute atomic E-state index is 12.4. The number of rotatable bonds is 8. The zero-order valence-electron chi connectivity index (χ0n) is 15.6. The van der Waals surface area contributed by atoms with Crippen LogP contribution in [0, 0.1) is 3.57 Å². The molecule has 0 spiro atoms. The Morgan fingerprint density at radius 1 is 1.31 bits per heavy atom. The van der Waals surface area contributed by atoms with Crippen LogP contribution in [-0.4, -0.2) is 54.2 Å². The summed E-state index contributed by atoms with van der Waals surface area (Å²) in [6, 6.07) is 3.68. The summed E-state index contributed by atoms with van der Waals surface area (Å²) in [6.07, 6.45) is 5.00. The fourth-order valence-electron chi connectivity index (χ4n) is 1.83. The van der Waals surface area contributed by atoms with Gasteiger partial charge in [-0.15, -0.1) is 0 Å². The van der Waals surface area contributed by atoms with E-state index in [2.05, 4.69) is 32.9 Å². The number of carbonyl (C=O) groups excluding carboxylic acids is 2. The molecule has 1 rings (SSSR count). The van der Waals surface area contributed by atoms with Crippen LogP contribution in [0.1, 0.15) is 27.2 Å². The van der Waals surface area contributed by atoms with E-state index in [1.54, 1.807) is 30.3 Å². The molecule has 0 aliphatic rings. The summed E-state index contributed by atoms with van der Waals surface area (Å²) in [5, 5.41) is 2.50. The van der Waals surface area contributed by atoms with E-state index in [1.807, 2.05) is 26.8 Å². The highest BCUT2D eigenvalue weighted by Gasteiger charge is 2.21. The third-order valence-corrected chi connectivity index (χ3v) is 3.68. The lowest BCUT2D eigenvalue weighted by Crippen LogP contribution is -2.39. The number of nitrogens with one attached hydrogen (secondary N) is 1. The molecule has 0 aromatic carbocycles. The lowest BCUT2D eigenvalue weighted by molar-refractivity contribution is -0.116. The average Bonchev–Trinajstić information content (AvgIpc) is 2.56. The summed E-state index contributed by atoms with van der Waals surface area (Å²) in [5.41, 5.74) is -0.578. The standard InChI is InChI=1S/C18H26IN3O4/c1-18(2,3)26-17(24)22(10-6-5-7-15(23)20-4)11-12-25-16-9-8-14(19)13-21-16/h5,7-9,13H,6,10-12H2,1-4H3,(H,20,23)/b7-5+. The molecule has 0 radical (unpaired) electrons. The van der Waals surface area contributed by atoms with Gasteiger partial charge >= 0.3 is 6.09 Å². The largest absolute Gasteiger partial charge is 0.476 e. The van der Waals surface area contributed by atoms with Crippen molar-refractivity contribution in [3.63, 3.8) is 0 Å². The van der Waals surface area contributed by atoms with Gasteiger partial charge in [-0.05, 0) is 61.9 Å². The summed E-state index contributed by atoms with van der Waals surface area (Å²) in [4.78, 5) is 29.3. The molecule has 0 unspecified atom stereocenters. The normalized spacial score (nSPS) is 11.3. The van der Waals surface area contributed by atoms with Crippen molar-refractivity contribution >= 4 is 34.6 Å². The van der Waals surface area contributed by atoms with Gasteiger partial charge in [0.05, 0.1) is 6.54 Å². The van der Waals surface area contributed by atoms with Crippen molar-refractivity contribution in [3.8, 4) is 5.88 Å². The second-order valence-electron chi connectivity index (χ2n) is 6.44. The molecule has 144 valence electrons. The number of carbonyl (C=O) groups is 2. The third-order valence-electron chi connectivity index (χ3n) is 3.04. The van der Waals surface area contributed by atoms with E-state index in [1.165, 1.54) is 6.08 Å². The topological polar surface area (TPSA) is 80.8 Å². The monoisotopic (exact) mass is 475 g/mol. The van der Waals surface area contributed by atoms with Crippen LogP contribution in [0.3, 0.4) is 0 Å². The number of hydrogen-bond donors (Lipinski definition) is 1. The Kier molecular flexibility index (Phi) is 9.39. The van der Waals surface area contributed by atoms with Gasteiger partial charge in [0.2, 0.25) is 11.8 Å². The van der Waals surface area contributed by atoms with E-state index in [-0.39, 0.29) is 5.91 Å². The van der Waals surface area contributed by atoms with E-state index in [0.29, 0.717) is 32.0 Å². The highest BCUT2D eigenvalue weighted by molar-refractivity contribution is 14.1. The zero-order chi connectivity index (χ0) is 19.6. The van der Waals surface area contributed by atoms with Crippen molar-refractivity contribution in [3.05, 3.63) is 34.1 Å². The number of likely N-dealkylation sites (N-methyl/N-ethyl adjacent to an activating group) is 1. The fraction of sp³-hybridized carbons (Fsp3) is 0.500. The molecular weight excluding hydrogens is 449 g/mol. The second-order valence-corrected chi connectivity index (χ2v) is 7.68. The van der Waals surface area contributed by atoms with E-state index < -0.39 is 11.7 Å². The van der Waals surface area contributed by atoms with Crippen LogP contribution in [0.15, 0.2) is 30.5 Å². The van der Waals surface area contributed by atoms with Gasteiger partial charge in [0.25, 0.3) is 0 Å². The molecule has 1 aromatic rings. The molecule has 0 atom stereocenters. The summed E-state index contributed by atoms with van der Waals surface area (Å²) >= 11 is 2.17. The predicted octanol–water partition coefficient (Wildman–Crippen LogP) is 2.99. The number of aromatic nitrogens is 1. The molecule has 1 heterocycles. The molecule has 26 heavy (non-hydrogen) atoms. The van der Waals surface area contributed by atoms with Crippen molar-refractivity contribution < 1.29 is 19.1 Å². The number of pyridine rings is 1. The van der Waals surface area contributed by atoms with Crippen LogP contribution < -0.4 is 10.1 Å². The maximum atomic E-state index is 12.4. The maximum Gasteiger partial charge on any atom is 0.410 e. The summed E-state index contributed by atoms with van der Waals surface area (Å²) in [7, 11) is 1.57. The van der Waals surface area contributed by atoms with Crippen molar-refractivity contribution in [2.24, 2.45) is 0 Å². The SMILES string of the molecule is CNC(=O)/C=C/CCN(CCOc1ccc(I)cn1)C(=O)OC(C)(C)C. The zero-order valence-corrected chi connectivity index (χ0v) is 17.8. The molecule has 0 bridgehead atoms. The summed E-state index contributed by atoms with van der Waals surface area (Å²) in [5.74, 6) is 0.330. The Balaban J connectivity index is 2.58. The minimum absolute atomic E-state index is 0.179. The van der Waals surface area contributed by atoms with Gasteiger partial charge in [0.15, 0.2) is 0 Å². The third kappa shape index (κ3) is 9.59. The molecular formula is C18H26IN3O4. The van der Waals surface area contributed by atoms with Crippen LogP contribution in [-0.2, 0) is 9.53 Å². The molecule has 0 saturated heterocycles. The van der Waals surface area contributed by atoms with Gasteiger partial charge in [-0.2, -0.15) is 0 Å². The smallest absolute Gasteiger partial charge is 0.410 e. The first-order valence-electron chi connectivity index (χ1n) is 8.32. The number of amides is 2. The van der Waals surface area contributed by atoms with Crippen molar-refractivity contribution in [2.45, 2.75) is 32.8 Å².